The van der Waals surface area contributed by atoms with Crippen molar-refractivity contribution in [1.29, 1.82) is 0 Å². The van der Waals surface area contributed by atoms with Crippen LogP contribution in [0.25, 0.3) is 89.5 Å². The van der Waals surface area contributed by atoms with Crippen molar-refractivity contribution in [2.45, 2.75) is 19.3 Å². The molecule has 0 atom stereocenters. The van der Waals surface area contributed by atoms with Crippen LogP contribution in [-0.2, 0) is 5.41 Å². The molecule has 5 heteroatoms. The summed E-state index contributed by atoms with van der Waals surface area (Å²) in [7, 11) is 0. The average molecular weight is 835 g/mol. The number of furan rings is 1. The summed E-state index contributed by atoms with van der Waals surface area (Å²) in [6.45, 7) is 4.67. The zero-order valence-corrected chi connectivity index (χ0v) is 36.0. The third-order valence-electron chi connectivity index (χ3n) is 13.0. The Morgan fingerprint density at radius 2 is 0.815 bits per heavy atom. The van der Waals surface area contributed by atoms with Gasteiger partial charge in [-0.3, -0.25) is 0 Å². The maximum Gasteiger partial charge on any atom is 0.164 e. The Morgan fingerprint density at radius 3 is 1.46 bits per heavy atom. The van der Waals surface area contributed by atoms with Crippen LogP contribution in [0.15, 0.2) is 223 Å². The summed E-state index contributed by atoms with van der Waals surface area (Å²) in [5.41, 5.74) is 17.0. The minimum atomic E-state index is -0.154. The van der Waals surface area contributed by atoms with Crippen molar-refractivity contribution in [2.75, 3.05) is 4.90 Å². The molecule has 5 nitrogen and oxygen atoms in total. The normalized spacial score (nSPS) is 12.6. The van der Waals surface area contributed by atoms with Crippen LogP contribution >= 0.6 is 0 Å². The number of fused-ring (bicyclic) bond motifs is 6. The van der Waals surface area contributed by atoms with E-state index < -0.39 is 0 Å². The minimum Gasteiger partial charge on any atom is -0.453 e. The smallest absolute Gasteiger partial charge is 0.164 e. The molecule has 2 heterocycles. The van der Waals surface area contributed by atoms with Crippen molar-refractivity contribution in [3.05, 3.63) is 230 Å². The van der Waals surface area contributed by atoms with Crippen molar-refractivity contribution in [1.82, 2.24) is 15.0 Å². The molecule has 2 aromatic heterocycles. The van der Waals surface area contributed by atoms with E-state index in [0.29, 0.717) is 17.5 Å². The number of aromatic nitrogens is 3. The summed E-state index contributed by atoms with van der Waals surface area (Å²) < 4.78 is 7.14. The second-order valence-electron chi connectivity index (χ2n) is 17.2. The van der Waals surface area contributed by atoms with E-state index in [2.05, 4.69) is 176 Å². The second kappa shape index (κ2) is 15.4. The molecule has 65 heavy (non-hydrogen) atoms. The average Bonchev–Trinajstić information content (AvgIpc) is 3.87. The second-order valence-corrected chi connectivity index (χ2v) is 17.2. The van der Waals surface area contributed by atoms with Gasteiger partial charge in [-0.1, -0.05) is 202 Å². The predicted octanol–water partition coefficient (Wildman–Crippen LogP) is 15.9. The molecule has 0 bridgehead atoms. The first-order valence-corrected chi connectivity index (χ1v) is 22.1. The SMILES string of the molecule is CC1(C)c2ccccc2-c2ccc(N(c3ccc(-c4ccccc4)cc3)c3cccc4c3oc3c(-c5ccc(-c6nc(-c7ccccc7)nc(-c7ccccc7)n6)cc5)cccc34)cc21. The molecule has 0 N–H and O–H groups in total. The Morgan fingerprint density at radius 1 is 0.354 bits per heavy atom. The fourth-order valence-electron chi connectivity index (χ4n) is 9.64. The van der Waals surface area contributed by atoms with Gasteiger partial charge in [0.25, 0.3) is 0 Å². The zero-order chi connectivity index (χ0) is 43.5. The molecule has 0 fully saturated rings. The predicted molar refractivity (Wildman–Crippen MR) is 267 cm³/mol. The monoisotopic (exact) mass is 834 g/mol. The minimum absolute atomic E-state index is 0.154. The van der Waals surface area contributed by atoms with E-state index in [1.165, 1.54) is 33.4 Å². The highest BCUT2D eigenvalue weighted by Gasteiger charge is 2.36. The van der Waals surface area contributed by atoms with Crippen LogP contribution in [0.1, 0.15) is 25.0 Å². The third-order valence-corrected chi connectivity index (χ3v) is 13.0. The van der Waals surface area contributed by atoms with Crippen LogP contribution in [0.5, 0.6) is 0 Å². The van der Waals surface area contributed by atoms with Gasteiger partial charge in [-0.25, -0.2) is 15.0 Å². The zero-order valence-electron chi connectivity index (χ0n) is 36.0. The molecule has 11 aromatic rings. The number of benzene rings is 9. The van der Waals surface area contributed by atoms with E-state index in [1.54, 1.807) is 0 Å². The lowest BCUT2D eigenvalue weighted by Gasteiger charge is -2.28. The number of nitrogens with zero attached hydrogens (tertiary/aromatic N) is 4. The van der Waals surface area contributed by atoms with E-state index in [9.17, 15) is 0 Å². The van der Waals surface area contributed by atoms with Gasteiger partial charge in [0.05, 0.1) is 5.69 Å². The molecular formula is C60H42N4O. The number of hydrogen-bond donors (Lipinski definition) is 0. The Bertz CT molecular complexity index is 3490. The number of rotatable bonds is 8. The molecular weight excluding hydrogens is 793 g/mol. The lowest BCUT2D eigenvalue weighted by molar-refractivity contribution is 0.660. The van der Waals surface area contributed by atoms with Gasteiger partial charge >= 0.3 is 0 Å². The highest BCUT2D eigenvalue weighted by molar-refractivity contribution is 6.13. The van der Waals surface area contributed by atoms with Crippen LogP contribution in [-0.4, -0.2) is 15.0 Å². The van der Waals surface area contributed by atoms with Gasteiger partial charge in [0.1, 0.15) is 5.58 Å². The molecule has 0 saturated carbocycles. The summed E-state index contributed by atoms with van der Waals surface area (Å²) in [5, 5.41) is 2.12. The van der Waals surface area contributed by atoms with Crippen LogP contribution in [0.2, 0.25) is 0 Å². The summed E-state index contributed by atoms with van der Waals surface area (Å²) in [6, 6.07) is 76.7. The van der Waals surface area contributed by atoms with Gasteiger partial charge in [0, 0.05) is 49.8 Å². The van der Waals surface area contributed by atoms with E-state index in [1.807, 2.05) is 60.7 Å². The van der Waals surface area contributed by atoms with Gasteiger partial charge in [0.2, 0.25) is 0 Å². The van der Waals surface area contributed by atoms with Gasteiger partial charge in [0.15, 0.2) is 23.1 Å². The number of hydrogen-bond acceptors (Lipinski definition) is 5. The maximum atomic E-state index is 7.14. The molecule has 0 saturated heterocycles. The van der Waals surface area contributed by atoms with Crippen LogP contribution in [0.4, 0.5) is 17.1 Å². The van der Waals surface area contributed by atoms with Gasteiger partial charge < -0.3 is 9.32 Å². The summed E-state index contributed by atoms with van der Waals surface area (Å²) in [6.07, 6.45) is 0. The van der Waals surface area contributed by atoms with E-state index in [4.69, 9.17) is 19.4 Å². The van der Waals surface area contributed by atoms with Crippen molar-refractivity contribution in [3.63, 3.8) is 0 Å². The quantitative estimate of drug-likeness (QED) is 0.153. The number of anilines is 3. The highest BCUT2D eigenvalue weighted by atomic mass is 16.3. The summed E-state index contributed by atoms with van der Waals surface area (Å²) in [4.78, 5) is 17.2. The lowest BCUT2D eigenvalue weighted by atomic mass is 9.82. The van der Waals surface area contributed by atoms with E-state index in [-0.39, 0.29) is 5.41 Å². The van der Waals surface area contributed by atoms with E-state index >= 15 is 0 Å². The van der Waals surface area contributed by atoms with Crippen LogP contribution in [0, 0.1) is 0 Å². The summed E-state index contributed by atoms with van der Waals surface area (Å²) in [5.74, 6) is 1.89. The number of para-hydroxylation sites is 2. The first kappa shape index (κ1) is 38.3. The fourth-order valence-corrected chi connectivity index (χ4v) is 9.64. The van der Waals surface area contributed by atoms with E-state index in [0.717, 1.165) is 66.8 Å². The largest absolute Gasteiger partial charge is 0.453 e. The molecule has 0 amide bonds. The van der Waals surface area contributed by atoms with Crippen molar-refractivity contribution in [2.24, 2.45) is 0 Å². The van der Waals surface area contributed by atoms with Crippen LogP contribution < -0.4 is 4.90 Å². The summed E-state index contributed by atoms with van der Waals surface area (Å²) >= 11 is 0. The molecule has 9 aromatic carbocycles. The molecule has 0 spiro atoms. The molecule has 1 aliphatic rings. The molecule has 0 aliphatic heterocycles. The Labute approximate surface area is 378 Å². The highest BCUT2D eigenvalue weighted by Crippen LogP contribution is 2.51. The van der Waals surface area contributed by atoms with Crippen LogP contribution in [0.3, 0.4) is 0 Å². The molecule has 0 radical (unpaired) electrons. The lowest BCUT2D eigenvalue weighted by Crippen LogP contribution is -2.16. The van der Waals surface area contributed by atoms with Crippen molar-refractivity contribution in [3.8, 4) is 67.5 Å². The topological polar surface area (TPSA) is 55.1 Å². The standard InChI is InChI=1S/C60H42N4O/c1-60(2)52-26-13-12-22-48(52)49-37-36-46(38-53(49)60)64(45-34-32-40(33-35-45)39-16-6-3-7-17-39)54-27-15-25-51-50-24-14-23-47(55(50)65-56(51)54)41-28-30-44(31-29-41)59-62-57(42-18-8-4-9-19-42)61-58(63-59)43-20-10-5-11-21-43/h3-38H,1-2H3. The Hall–Kier alpha value is -8.41. The molecule has 1 aliphatic carbocycles. The van der Waals surface area contributed by atoms with Crippen molar-refractivity contribution < 1.29 is 4.42 Å². The Balaban J connectivity index is 0.972. The molecule has 12 rings (SSSR count). The Kier molecular flexibility index (Phi) is 9.09. The maximum absolute atomic E-state index is 7.14. The molecule has 308 valence electrons. The fraction of sp³-hybridized carbons (Fsp3) is 0.0500. The van der Waals surface area contributed by atoms with Gasteiger partial charge in [-0.2, -0.15) is 0 Å². The van der Waals surface area contributed by atoms with Gasteiger partial charge in [-0.05, 0) is 69.3 Å². The first-order valence-electron chi connectivity index (χ1n) is 22.1. The van der Waals surface area contributed by atoms with Gasteiger partial charge in [-0.15, -0.1) is 0 Å². The third kappa shape index (κ3) is 6.59. The van der Waals surface area contributed by atoms with Crippen molar-refractivity contribution >= 4 is 39.0 Å². The molecule has 0 unspecified atom stereocenters. The first-order chi connectivity index (χ1) is 32.0.